The molecule has 0 saturated carbocycles. The molecule has 4 aromatic carbocycles. The third-order valence-electron chi connectivity index (χ3n) is 4.78. The van der Waals surface area contributed by atoms with Gasteiger partial charge in [-0.2, -0.15) is 0 Å². The molecule has 4 heteroatoms. The fourth-order valence-electron chi connectivity index (χ4n) is 3.38. The van der Waals surface area contributed by atoms with Gasteiger partial charge in [0, 0.05) is 14.3 Å². The number of benzene rings is 4. The van der Waals surface area contributed by atoms with Gasteiger partial charge in [0.2, 0.25) is 0 Å². The summed E-state index contributed by atoms with van der Waals surface area (Å²) in [5, 5.41) is 0. The summed E-state index contributed by atoms with van der Waals surface area (Å²) in [7, 11) is 0. The van der Waals surface area contributed by atoms with Crippen molar-refractivity contribution < 1.29 is 0 Å². The van der Waals surface area contributed by atoms with Crippen molar-refractivity contribution in [2.24, 2.45) is 0 Å². The Labute approximate surface area is 232 Å². The van der Waals surface area contributed by atoms with Gasteiger partial charge in [0.15, 0.2) is 0 Å². The molecule has 0 aliphatic carbocycles. The van der Waals surface area contributed by atoms with Gasteiger partial charge in [-0.1, -0.05) is 48.5 Å². The average Bonchev–Trinajstić information content (AvgIpc) is 2.75. The molecule has 30 heavy (non-hydrogen) atoms. The molecule has 0 heterocycles. The molecule has 4 rings (SSSR count). The normalized spacial score (nSPS) is 10.7. The molecule has 0 amide bonds. The van der Waals surface area contributed by atoms with Gasteiger partial charge in [0.05, 0.1) is 0 Å². The minimum Gasteiger partial charge on any atom is -0.0533 e. The molecule has 0 bridgehead atoms. The maximum absolute atomic E-state index is 2.37. The smallest absolute Gasteiger partial charge is 0.0130 e. The summed E-state index contributed by atoms with van der Waals surface area (Å²) in [5.74, 6) is 0. The van der Waals surface area contributed by atoms with E-state index in [0.29, 0.717) is 0 Å². The molecular weight excluding hydrogens is 820 g/mol. The molecule has 4 aromatic rings. The van der Waals surface area contributed by atoms with Crippen molar-refractivity contribution in [3.63, 3.8) is 0 Å². The van der Waals surface area contributed by atoms with E-state index >= 15 is 0 Å². The zero-order valence-corrected chi connectivity index (χ0v) is 24.4. The number of hydrogen-bond donors (Lipinski definition) is 0. The molecule has 0 aliphatic rings. The lowest BCUT2D eigenvalue weighted by Crippen LogP contribution is -1.98. The first kappa shape index (κ1) is 22.7. The van der Waals surface area contributed by atoms with Gasteiger partial charge in [0.25, 0.3) is 0 Å². The number of halogens is 4. The standard InChI is InChI=1S/C26H16I4/c27-21-9-1-17(2-10-21)25(18-3-11-22(28)12-4-18)26(19-5-13-23(29)14-6-19)20-7-15-24(30)16-8-20/h1-16H. The summed E-state index contributed by atoms with van der Waals surface area (Å²) in [6.07, 6.45) is 0. The lowest BCUT2D eigenvalue weighted by Gasteiger charge is -2.18. The highest BCUT2D eigenvalue weighted by atomic mass is 127. The molecule has 0 aliphatic heterocycles. The van der Waals surface area contributed by atoms with Crippen LogP contribution in [0.25, 0.3) is 11.1 Å². The van der Waals surface area contributed by atoms with Crippen molar-refractivity contribution in [1.82, 2.24) is 0 Å². The number of hydrogen-bond acceptors (Lipinski definition) is 0. The van der Waals surface area contributed by atoms with E-state index in [-0.39, 0.29) is 0 Å². The van der Waals surface area contributed by atoms with E-state index in [1.54, 1.807) is 0 Å². The molecule has 0 spiro atoms. The first-order valence-corrected chi connectivity index (χ1v) is 13.6. The predicted molar refractivity (Wildman–Crippen MR) is 162 cm³/mol. The number of rotatable bonds is 4. The zero-order valence-electron chi connectivity index (χ0n) is 15.7. The van der Waals surface area contributed by atoms with E-state index in [9.17, 15) is 0 Å². The van der Waals surface area contributed by atoms with Crippen LogP contribution in [0.5, 0.6) is 0 Å². The van der Waals surface area contributed by atoms with Crippen molar-refractivity contribution >= 4 is 102 Å². The van der Waals surface area contributed by atoms with Crippen LogP contribution >= 0.6 is 90.4 Å². The molecule has 0 nitrogen and oxygen atoms in total. The molecule has 0 aromatic heterocycles. The molecule has 0 saturated heterocycles. The quantitative estimate of drug-likeness (QED) is 0.142. The Bertz CT molecular complexity index is 980. The summed E-state index contributed by atoms with van der Waals surface area (Å²) >= 11 is 9.47. The van der Waals surface area contributed by atoms with Crippen molar-refractivity contribution in [2.75, 3.05) is 0 Å². The third-order valence-corrected chi connectivity index (χ3v) is 7.66. The van der Waals surface area contributed by atoms with Gasteiger partial charge in [0.1, 0.15) is 0 Å². The minimum atomic E-state index is 1.23. The Morgan fingerprint density at radius 3 is 0.633 bits per heavy atom. The van der Waals surface area contributed by atoms with Crippen molar-refractivity contribution in [3.8, 4) is 0 Å². The SMILES string of the molecule is Ic1ccc(C(=C(c2ccc(I)cc2)c2ccc(I)cc2)c2ccc(I)cc2)cc1. The second-order valence-corrected chi connectivity index (χ2v) is 11.8. The predicted octanol–water partition coefficient (Wildman–Crippen LogP) is 9.11. The largest absolute Gasteiger partial charge is 0.0533 e. The van der Waals surface area contributed by atoms with Crippen LogP contribution in [-0.4, -0.2) is 0 Å². The van der Waals surface area contributed by atoms with E-state index in [0.717, 1.165) is 0 Å². The van der Waals surface area contributed by atoms with Gasteiger partial charge in [-0.05, 0) is 172 Å². The second kappa shape index (κ2) is 10.4. The van der Waals surface area contributed by atoms with Crippen molar-refractivity contribution in [2.45, 2.75) is 0 Å². The highest BCUT2D eigenvalue weighted by Gasteiger charge is 2.16. The van der Waals surface area contributed by atoms with Crippen LogP contribution in [0.1, 0.15) is 22.3 Å². The third kappa shape index (κ3) is 5.47. The summed E-state index contributed by atoms with van der Waals surface area (Å²) in [6.45, 7) is 0. The van der Waals surface area contributed by atoms with E-state index < -0.39 is 0 Å². The van der Waals surface area contributed by atoms with Crippen LogP contribution in [0.2, 0.25) is 0 Å². The average molecular weight is 836 g/mol. The second-order valence-electron chi connectivity index (χ2n) is 6.78. The van der Waals surface area contributed by atoms with Crippen LogP contribution in [0.3, 0.4) is 0 Å². The summed E-state index contributed by atoms with van der Waals surface area (Å²) in [6, 6.07) is 35.3. The van der Waals surface area contributed by atoms with Gasteiger partial charge >= 0.3 is 0 Å². The first-order valence-electron chi connectivity index (χ1n) is 9.29. The van der Waals surface area contributed by atoms with Crippen LogP contribution in [0.15, 0.2) is 97.1 Å². The molecule has 0 N–H and O–H groups in total. The van der Waals surface area contributed by atoms with Crippen molar-refractivity contribution in [3.05, 3.63) is 134 Å². The fraction of sp³-hybridized carbons (Fsp3) is 0. The minimum absolute atomic E-state index is 1.23. The van der Waals surface area contributed by atoms with Gasteiger partial charge < -0.3 is 0 Å². The monoisotopic (exact) mass is 836 g/mol. The highest BCUT2D eigenvalue weighted by molar-refractivity contribution is 14.1. The van der Waals surface area contributed by atoms with Gasteiger partial charge in [-0.25, -0.2) is 0 Å². The Morgan fingerprint density at radius 2 is 0.467 bits per heavy atom. The van der Waals surface area contributed by atoms with Crippen LogP contribution in [0.4, 0.5) is 0 Å². The summed E-state index contributed by atoms with van der Waals surface area (Å²) in [4.78, 5) is 0. The Kier molecular flexibility index (Phi) is 7.91. The lowest BCUT2D eigenvalue weighted by atomic mass is 9.86. The van der Waals surface area contributed by atoms with E-state index in [2.05, 4.69) is 187 Å². The zero-order chi connectivity index (χ0) is 21.1. The highest BCUT2D eigenvalue weighted by Crippen LogP contribution is 2.37. The lowest BCUT2D eigenvalue weighted by molar-refractivity contribution is 1.48. The Hall–Kier alpha value is -0.460. The van der Waals surface area contributed by atoms with Gasteiger partial charge in [-0.15, -0.1) is 0 Å². The molecule has 0 fully saturated rings. The van der Waals surface area contributed by atoms with Crippen LogP contribution in [0, 0.1) is 14.3 Å². The molecular formula is C26H16I4. The van der Waals surface area contributed by atoms with E-state index in [1.165, 1.54) is 47.7 Å². The van der Waals surface area contributed by atoms with E-state index in [4.69, 9.17) is 0 Å². The molecule has 0 unspecified atom stereocenters. The topological polar surface area (TPSA) is 0 Å². The van der Waals surface area contributed by atoms with Gasteiger partial charge in [-0.3, -0.25) is 0 Å². The Morgan fingerprint density at radius 1 is 0.300 bits per heavy atom. The maximum atomic E-state index is 2.37. The molecule has 0 radical (unpaired) electrons. The van der Waals surface area contributed by atoms with Crippen molar-refractivity contribution in [1.29, 1.82) is 0 Å². The van der Waals surface area contributed by atoms with Crippen LogP contribution < -0.4 is 0 Å². The van der Waals surface area contributed by atoms with Crippen LogP contribution in [-0.2, 0) is 0 Å². The summed E-state index contributed by atoms with van der Waals surface area (Å²) < 4.78 is 4.96. The maximum Gasteiger partial charge on any atom is 0.0130 e. The first-order chi connectivity index (χ1) is 14.5. The molecule has 0 atom stereocenters. The fourth-order valence-corrected chi connectivity index (χ4v) is 4.82. The van der Waals surface area contributed by atoms with E-state index in [1.807, 2.05) is 0 Å². The summed E-state index contributed by atoms with van der Waals surface area (Å²) in [5.41, 5.74) is 7.41. The molecule has 148 valence electrons. The Balaban J connectivity index is 2.08.